The summed E-state index contributed by atoms with van der Waals surface area (Å²) >= 11 is 0. The molecule has 0 spiro atoms. The van der Waals surface area contributed by atoms with E-state index in [1.54, 1.807) is 12.0 Å². The van der Waals surface area contributed by atoms with Crippen LogP contribution in [0.4, 0.5) is 4.79 Å². The van der Waals surface area contributed by atoms with Gasteiger partial charge in [0.15, 0.2) is 0 Å². The third-order valence-corrected chi connectivity index (χ3v) is 4.95. The van der Waals surface area contributed by atoms with Crippen molar-refractivity contribution in [3.05, 3.63) is 29.8 Å². The summed E-state index contributed by atoms with van der Waals surface area (Å²) in [6.45, 7) is 3.12. The molecule has 2 fully saturated rings. The molecule has 1 aromatic carbocycles. The average molecular weight is 345 g/mol. The molecule has 6 heteroatoms. The normalized spacial score (nSPS) is 21.4. The number of piperidine rings is 1. The number of para-hydroxylation sites is 1. The monoisotopic (exact) mass is 345 g/mol. The van der Waals surface area contributed by atoms with Gasteiger partial charge in [-0.05, 0) is 38.7 Å². The van der Waals surface area contributed by atoms with Gasteiger partial charge in [0.25, 0.3) is 0 Å². The van der Waals surface area contributed by atoms with E-state index in [0.29, 0.717) is 19.1 Å². The lowest BCUT2D eigenvalue weighted by Crippen LogP contribution is -2.49. The topological polar surface area (TPSA) is 70.7 Å². The lowest BCUT2D eigenvalue weighted by atomic mass is 9.97. The van der Waals surface area contributed by atoms with Crippen LogP contribution in [0.3, 0.4) is 0 Å². The van der Waals surface area contributed by atoms with Gasteiger partial charge in [0.2, 0.25) is 5.91 Å². The maximum absolute atomic E-state index is 12.6. The predicted molar refractivity (Wildman–Crippen MR) is 95.4 cm³/mol. The number of nitrogens with zero attached hydrogens (tertiary/aromatic N) is 1. The first-order valence-corrected chi connectivity index (χ1v) is 9.07. The number of hydrogen-bond acceptors (Lipinski definition) is 3. The number of urea groups is 1. The number of carbonyl (C=O) groups is 2. The summed E-state index contributed by atoms with van der Waals surface area (Å²) in [5.74, 6) is 0.759. The Hall–Kier alpha value is -2.24. The molecule has 2 unspecified atom stereocenters. The highest BCUT2D eigenvalue weighted by atomic mass is 16.5. The molecule has 1 aliphatic carbocycles. The molecule has 136 valence electrons. The van der Waals surface area contributed by atoms with E-state index < -0.39 is 0 Å². The van der Waals surface area contributed by atoms with E-state index in [9.17, 15) is 9.59 Å². The highest BCUT2D eigenvalue weighted by molar-refractivity contribution is 5.81. The van der Waals surface area contributed by atoms with Crippen LogP contribution >= 0.6 is 0 Å². The summed E-state index contributed by atoms with van der Waals surface area (Å²) in [6.07, 6.45) is 3.88. The molecule has 2 atom stereocenters. The molecule has 0 bridgehead atoms. The highest BCUT2D eigenvalue weighted by Crippen LogP contribution is 2.25. The summed E-state index contributed by atoms with van der Waals surface area (Å²) < 4.78 is 5.37. The Morgan fingerprint density at radius 2 is 2.00 bits per heavy atom. The van der Waals surface area contributed by atoms with Crippen LogP contribution in [0.1, 0.15) is 44.2 Å². The van der Waals surface area contributed by atoms with Crippen LogP contribution in [-0.4, -0.2) is 43.1 Å². The fraction of sp³-hybridized carbons (Fsp3) is 0.579. The minimum atomic E-state index is -0.163. The fourth-order valence-electron chi connectivity index (χ4n) is 3.30. The van der Waals surface area contributed by atoms with E-state index in [1.807, 2.05) is 31.2 Å². The molecule has 1 heterocycles. The van der Waals surface area contributed by atoms with Gasteiger partial charge in [-0.3, -0.25) is 4.79 Å². The Kier molecular flexibility index (Phi) is 5.46. The van der Waals surface area contributed by atoms with E-state index >= 15 is 0 Å². The van der Waals surface area contributed by atoms with Gasteiger partial charge in [-0.1, -0.05) is 18.2 Å². The summed E-state index contributed by atoms with van der Waals surface area (Å²) in [5, 5.41) is 6.08. The summed E-state index contributed by atoms with van der Waals surface area (Å²) in [7, 11) is 1.63. The van der Waals surface area contributed by atoms with Gasteiger partial charge in [-0.25, -0.2) is 4.79 Å². The fourth-order valence-corrected chi connectivity index (χ4v) is 3.30. The van der Waals surface area contributed by atoms with Crippen molar-refractivity contribution in [1.29, 1.82) is 0 Å². The van der Waals surface area contributed by atoms with Crippen molar-refractivity contribution < 1.29 is 14.3 Å². The van der Waals surface area contributed by atoms with Gasteiger partial charge in [-0.2, -0.15) is 0 Å². The van der Waals surface area contributed by atoms with Gasteiger partial charge in [0, 0.05) is 24.7 Å². The lowest BCUT2D eigenvalue weighted by molar-refractivity contribution is -0.126. The standard InChI is InChI=1S/C19H27N3O3/c1-13(16-7-3-4-8-17(16)25-2)20-19(24)22-11-5-6-14(12-22)18(23)21-15-9-10-15/h3-4,7-8,13-15H,5-6,9-12H2,1-2H3,(H,20,24)(H,21,23). The van der Waals surface area contributed by atoms with Gasteiger partial charge in [0.05, 0.1) is 19.1 Å². The minimum absolute atomic E-state index is 0.0952. The predicted octanol–water partition coefficient (Wildman–Crippen LogP) is 2.46. The first kappa shape index (κ1) is 17.6. The van der Waals surface area contributed by atoms with E-state index in [2.05, 4.69) is 10.6 Å². The van der Waals surface area contributed by atoms with E-state index in [1.165, 1.54) is 0 Å². The first-order chi connectivity index (χ1) is 12.1. The van der Waals surface area contributed by atoms with Gasteiger partial charge in [-0.15, -0.1) is 0 Å². The maximum atomic E-state index is 12.6. The molecule has 0 aromatic heterocycles. The average Bonchev–Trinajstić information content (AvgIpc) is 3.45. The number of amides is 3. The van der Waals surface area contributed by atoms with Crippen molar-refractivity contribution in [2.24, 2.45) is 5.92 Å². The molecule has 1 saturated heterocycles. The van der Waals surface area contributed by atoms with E-state index in [0.717, 1.165) is 37.0 Å². The zero-order chi connectivity index (χ0) is 17.8. The Labute approximate surface area is 148 Å². The number of rotatable bonds is 5. The van der Waals surface area contributed by atoms with Crippen molar-refractivity contribution in [3.63, 3.8) is 0 Å². The summed E-state index contributed by atoms with van der Waals surface area (Å²) in [4.78, 5) is 26.6. The van der Waals surface area contributed by atoms with Crippen molar-refractivity contribution in [3.8, 4) is 5.75 Å². The van der Waals surface area contributed by atoms with Gasteiger partial charge >= 0.3 is 6.03 Å². The number of methoxy groups -OCH3 is 1. The van der Waals surface area contributed by atoms with Gasteiger partial charge in [0.1, 0.15) is 5.75 Å². The first-order valence-electron chi connectivity index (χ1n) is 9.07. The molecule has 6 nitrogen and oxygen atoms in total. The molecule has 3 rings (SSSR count). The van der Waals surface area contributed by atoms with Crippen molar-refractivity contribution in [2.75, 3.05) is 20.2 Å². The minimum Gasteiger partial charge on any atom is -0.496 e. The Bertz CT molecular complexity index is 630. The van der Waals surface area contributed by atoms with Crippen molar-refractivity contribution in [2.45, 2.75) is 44.7 Å². The maximum Gasteiger partial charge on any atom is 0.317 e. The molecule has 2 N–H and O–H groups in total. The molecule has 25 heavy (non-hydrogen) atoms. The third-order valence-electron chi connectivity index (χ3n) is 4.95. The van der Waals surface area contributed by atoms with E-state index in [4.69, 9.17) is 4.74 Å². The smallest absolute Gasteiger partial charge is 0.317 e. The number of hydrogen-bond donors (Lipinski definition) is 2. The molecule has 1 aliphatic heterocycles. The Morgan fingerprint density at radius 1 is 1.24 bits per heavy atom. The van der Waals surface area contributed by atoms with Crippen molar-refractivity contribution >= 4 is 11.9 Å². The number of carbonyl (C=O) groups excluding carboxylic acids is 2. The second kappa shape index (κ2) is 7.76. The number of benzene rings is 1. The van der Waals surface area contributed by atoms with Crippen LogP contribution in [0, 0.1) is 5.92 Å². The molecule has 3 amide bonds. The number of likely N-dealkylation sites (tertiary alicyclic amines) is 1. The Balaban J connectivity index is 1.57. The van der Waals surface area contributed by atoms with Crippen LogP contribution in [0.25, 0.3) is 0 Å². The van der Waals surface area contributed by atoms with Crippen LogP contribution in [0.5, 0.6) is 5.75 Å². The molecule has 0 radical (unpaired) electrons. The van der Waals surface area contributed by atoms with Crippen LogP contribution in [0.15, 0.2) is 24.3 Å². The van der Waals surface area contributed by atoms with E-state index in [-0.39, 0.29) is 23.9 Å². The summed E-state index contributed by atoms with van der Waals surface area (Å²) in [5.41, 5.74) is 0.943. The SMILES string of the molecule is COc1ccccc1C(C)NC(=O)N1CCCC(C(=O)NC2CC2)C1. The zero-order valence-electron chi connectivity index (χ0n) is 15.0. The van der Waals surface area contributed by atoms with Crippen LogP contribution in [0.2, 0.25) is 0 Å². The molecule has 1 aromatic rings. The zero-order valence-corrected chi connectivity index (χ0v) is 15.0. The van der Waals surface area contributed by atoms with Crippen LogP contribution in [-0.2, 0) is 4.79 Å². The second-order valence-electron chi connectivity index (χ2n) is 6.98. The van der Waals surface area contributed by atoms with Crippen LogP contribution < -0.4 is 15.4 Å². The molecule has 2 aliphatic rings. The quantitative estimate of drug-likeness (QED) is 0.861. The second-order valence-corrected chi connectivity index (χ2v) is 6.98. The largest absolute Gasteiger partial charge is 0.496 e. The molecular weight excluding hydrogens is 318 g/mol. The van der Waals surface area contributed by atoms with Gasteiger partial charge < -0.3 is 20.3 Å². The number of nitrogens with one attached hydrogen (secondary N) is 2. The molecule has 1 saturated carbocycles. The Morgan fingerprint density at radius 3 is 2.72 bits per heavy atom. The lowest BCUT2D eigenvalue weighted by Gasteiger charge is -2.33. The third kappa shape index (κ3) is 4.44. The highest BCUT2D eigenvalue weighted by Gasteiger charge is 2.32. The summed E-state index contributed by atoms with van der Waals surface area (Å²) in [6, 6.07) is 7.75. The number of ether oxygens (including phenoxy) is 1. The molecular formula is C19H27N3O3. The van der Waals surface area contributed by atoms with Crippen molar-refractivity contribution in [1.82, 2.24) is 15.5 Å².